The van der Waals surface area contributed by atoms with Crippen LogP contribution in [0.2, 0.25) is 0 Å². The van der Waals surface area contributed by atoms with E-state index in [-0.39, 0.29) is 52.7 Å². The standard InChI is InChI=1S/C27H38O5/c1-15-11-19-18-8-7-16-12-17(28)9-10-26(16,5)23(18)20(29)13-27(19,6)22(15)21(30)14-32-24(31)25(2,3)4/h9-10,12,15,18-20,22-23,29H,7-8,11,13-14H2,1-6H3/t15?,18-,19-,20?,22+,23+,26-,27-/m0/s1. The fraction of sp³-hybridized carbons (Fsp3) is 0.741. The lowest BCUT2D eigenvalue weighted by Crippen LogP contribution is -2.56. The van der Waals surface area contributed by atoms with E-state index in [1.54, 1.807) is 32.9 Å². The number of ketones is 2. The fourth-order valence-electron chi connectivity index (χ4n) is 7.82. The van der Waals surface area contributed by atoms with E-state index in [0.29, 0.717) is 18.3 Å². The molecular weight excluding hydrogens is 404 g/mol. The summed E-state index contributed by atoms with van der Waals surface area (Å²) < 4.78 is 5.38. The monoisotopic (exact) mass is 442 g/mol. The van der Waals surface area contributed by atoms with Crippen LogP contribution in [-0.2, 0) is 19.1 Å². The molecule has 2 unspecified atom stereocenters. The number of carbonyl (C=O) groups is 3. The van der Waals surface area contributed by atoms with Crippen LogP contribution in [0.25, 0.3) is 0 Å². The molecule has 4 aliphatic rings. The molecule has 5 heteroatoms. The van der Waals surface area contributed by atoms with Crippen LogP contribution in [0, 0.1) is 45.8 Å². The lowest BCUT2D eigenvalue weighted by atomic mass is 9.46. The van der Waals surface area contributed by atoms with Crippen molar-refractivity contribution in [3.63, 3.8) is 0 Å². The average Bonchev–Trinajstić information content (AvgIpc) is 2.95. The molecule has 176 valence electrons. The second-order valence-electron chi connectivity index (χ2n) is 12.3. The number of aliphatic hydroxyl groups is 1. The Kier molecular flexibility index (Phi) is 5.59. The summed E-state index contributed by atoms with van der Waals surface area (Å²) in [6, 6.07) is 0. The van der Waals surface area contributed by atoms with Crippen LogP contribution in [0.3, 0.4) is 0 Å². The summed E-state index contributed by atoms with van der Waals surface area (Å²) in [5, 5.41) is 11.5. The summed E-state index contributed by atoms with van der Waals surface area (Å²) in [5.74, 6) is 0.329. The van der Waals surface area contributed by atoms with Gasteiger partial charge in [0.1, 0.15) is 6.61 Å². The van der Waals surface area contributed by atoms with Crippen molar-refractivity contribution in [3.05, 3.63) is 23.8 Å². The van der Waals surface area contributed by atoms with E-state index in [2.05, 4.69) is 20.8 Å². The zero-order valence-corrected chi connectivity index (χ0v) is 20.3. The zero-order valence-electron chi connectivity index (χ0n) is 20.3. The van der Waals surface area contributed by atoms with Crippen molar-refractivity contribution >= 4 is 17.5 Å². The normalized spacial score (nSPS) is 43.1. The minimum atomic E-state index is -0.639. The largest absolute Gasteiger partial charge is 0.457 e. The van der Waals surface area contributed by atoms with E-state index in [0.717, 1.165) is 24.8 Å². The van der Waals surface area contributed by atoms with Gasteiger partial charge in [-0.25, -0.2) is 0 Å². The van der Waals surface area contributed by atoms with Crippen molar-refractivity contribution in [1.29, 1.82) is 0 Å². The number of Topliss-reactive ketones (excluding diaryl/α,β-unsaturated/α-hetero) is 1. The first kappa shape index (κ1) is 23.4. The van der Waals surface area contributed by atoms with Gasteiger partial charge in [-0.05, 0) is 81.8 Å². The molecule has 0 aliphatic heterocycles. The first-order chi connectivity index (χ1) is 14.8. The van der Waals surface area contributed by atoms with Crippen LogP contribution < -0.4 is 0 Å². The number of aliphatic hydroxyl groups excluding tert-OH is 1. The number of ether oxygens (including phenoxy) is 1. The SMILES string of the molecule is CC1C[C@H]2[C@@H]3CCC4=CC(=O)C=C[C@]4(C)[C@H]3C(O)C[C@]2(C)[C@H]1C(=O)COC(=O)C(C)(C)C. The van der Waals surface area contributed by atoms with Crippen LogP contribution in [0.1, 0.15) is 67.2 Å². The second kappa shape index (κ2) is 7.65. The van der Waals surface area contributed by atoms with Gasteiger partial charge in [-0.15, -0.1) is 0 Å². The predicted octanol–water partition coefficient (Wildman–Crippen LogP) is 4.29. The van der Waals surface area contributed by atoms with Crippen LogP contribution in [-0.4, -0.2) is 35.4 Å². The summed E-state index contributed by atoms with van der Waals surface area (Å²) in [6.07, 6.45) is 8.22. The van der Waals surface area contributed by atoms with Crippen molar-refractivity contribution in [1.82, 2.24) is 0 Å². The lowest BCUT2D eigenvalue weighted by Gasteiger charge is -2.58. The molecule has 0 heterocycles. The maximum Gasteiger partial charge on any atom is 0.311 e. The highest BCUT2D eigenvalue weighted by Crippen LogP contribution is 2.67. The molecular formula is C27H38O5. The number of rotatable bonds is 3. The third kappa shape index (κ3) is 3.52. The van der Waals surface area contributed by atoms with Crippen molar-refractivity contribution in [2.75, 3.05) is 6.61 Å². The van der Waals surface area contributed by atoms with Crippen LogP contribution in [0.15, 0.2) is 23.8 Å². The minimum Gasteiger partial charge on any atom is -0.457 e. The molecule has 0 radical (unpaired) electrons. The molecule has 3 fully saturated rings. The Bertz CT molecular complexity index is 892. The van der Waals surface area contributed by atoms with Gasteiger partial charge < -0.3 is 9.84 Å². The fourth-order valence-corrected chi connectivity index (χ4v) is 7.82. The topological polar surface area (TPSA) is 80.7 Å². The Hall–Kier alpha value is -1.75. The molecule has 4 rings (SSSR count). The maximum atomic E-state index is 13.3. The highest BCUT2D eigenvalue weighted by atomic mass is 16.5. The smallest absolute Gasteiger partial charge is 0.311 e. The molecule has 0 aromatic carbocycles. The number of fused-ring (bicyclic) bond motifs is 5. The molecule has 0 saturated heterocycles. The number of allylic oxidation sites excluding steroid dienone is 4. The van der Waals surface area contributed by atoms with Gasteiger partial charge in [0.25, 0.3) is 0 Å². The second-order valence-corrected chi connectivity index (χ2v) is 12.3. The van der Waals surface area contributed by atoms with E-state index in [1.807, 2.05) is 6.08 Å². The molecule has 0 amide bonds. The Morgan fingerprint density at radius 1 is 1.25 bits per heavy atom. The number of carbonyl (C=O) groups excluding carboxylic acids is 3. The molecule has 0 bridgehead atoms. The number of esters is 1. The van der Waals surface area contributed by atoms with Gasteiger partial charge in [0, 0.05) is 17.3 Å². The maximum absolute atomic E-state index is 13.3. The van der Waals surface area contributed by atoms with Crippen molar-refractivity contribution < 1.29 is 24.2 Å². The molecule has 0 spiro atoms. The van der Waals surface area contributed by atoms with Crippen molar-refractivity contribution in [2.45, 2.75) is 73.3 Å². The molecule has 8 atom stereocenters. The van der Waals surface area contributed by atoms with Crippen molar-refractivity contribution in [3.8, 4) is 0 Å². The third-order valence-electron chi connectivity index (χ3n) is 9.14. The van der Waals surface area contributed by atoms with Gasteiger partial charge in [0.15, 0.2) is 11.6 Å². The Morgan fingerprint density at radius 2 is 1.94 bits per heavy atom. The molecule has 0 aromatic heterocycles. The first-order valence-corrected chi connectivity index (χ1v) is 12.1. The molecule has 5 nitrogen and oxygen atoms in total. The molecule has 0 aromatic rings. The summed E-state index contributed by atoms with van der Waals surface area (Å²) >= 11 is 0. The molecule has 3 saturated carbocycles. The summed E-state index contributed by atoms with van der Waals surface area (Å²) in [5.41, 5.74) is -0.108. The Morgan fingerprint density at radius 3 is 2.59 bits per heavy atom. The van der Waals surface area contributed by atoms with Gasteiger partial charge in [-0.2, -0.15) is 0 Å². The lowest BCUT2D eigenvalue weighted by molar-refractivity contribution is -0.160. The zero-order chi connectivity index (χ0) is 23.6. The number of hydrogen-bond donors (Lipinski definition) is 1. The Balaban J connectivity index is 1.59. The summed E-state index contributed by atoms with van der Waals surface area (Å²) in [7, 11) is 0. The minimum absolute atomic E-state index is 0.0171. The van der Waals surface area contributed by atoms with Crippen LogP contribution in [0.5, 0.6) is 0 Å². The van der Waals surface area contributed by atoms with E-state index in [9.17, 15) is 19.5 Å². The van der Waals surface area contributed by atoms with Crippen LogP contribution >= 0.6 is 0 Å². The number of hydrogen-bond acceptors (Lipinski definition) is 5. The Labute approximate surface area is 191 Å². The van der Waals surface area contributed by atoms with Gasteiger partial charge in [0.05, 0.1) is 11.5 Å². The van der Waals surface area contributed by atoms with Crippen molar-refractivity contribution in [2.24, 2.45) is 45.8 Å². The van der Waals surface area contributed by atoms with E-state index in [1.165, 1.54) is 0 Å². The first-order valence-electron chi connectivity index (χ1n) is 12.1. The molecule has 1 N–H and O–H groups in total. The van der Waals surface area contributed by atoms with Gasteiger partial charge >= 0.3 is 5.97 Å². The van der Waals surface area contributed by atoms with Gasteiger partial charge in [-0.1, -0.05) is 32.4 Å². The third-order valence-corrected chi connectivity index (χ3v) is 9.14. The highest BCUT2D eigenvalue weighted by molar-refractivity contribution is 6.01. The van der Waals surface area contributed by atoms with E-state index >= 15 is 0 Å². The average molecular weight is 443 g/mol. The summed E-state index contributed by atoms with van der Waals surface area (Å²) in [6.45, 7) is 11.6. The summed E-state index contributed by atoms with van der Waals surface area (Å²) in [4.78, 5) is 37.5. The molecule has 32 heavy (non-hydrogen) atoms. The van der Waals surface area contributed by atoms with E-state index in [4.69, 9.17) is 4.74 Å². The van der Waals surface area contributed by atoms with Crippen LogP contribution in [0.4, 0.5) is 0 Å². The van der Waals surface area contributed by atoms with E-state index < -0.39 is 11.5 Å². The highest BCUT2D eigenvalue weighted by Gasteiger charge is 2.64. The predicted molar refractivity (Wildman–Crippen MR) is 121 cm³/mol. The quantitative estimate of drug-likeness (QED) is 0.660. The molecule has 4 aliphatic carbocycles. The van der Waals surface area contributed by atoms with Gasteiger partial charge in [0.2, 0.25) is 0 Å². The van der Waals surface area contributed by atoms with Gasteiger partial charge in [-0.3, -0.25) is 14.4 Å².